The second-order valence-corrected chi connectivity index (χ2v) is 6.42. The minimum atomic E-state index is -0.472. The van der Waals surface area contributed by atoms with Gasteiger partial charge in [-0.3, -0.25) is 19.5 Å². The molecule has 3 rings (SSSR count). The van der Waals surface area contributed by atoms with Crippen LogP contribution in [0.25, 0.3) is 0 Å². The van der Waals surface area contributed by atoms with Crippen molar-refractivity contribution in [1.29, 1.82) is 0 Å². The molecule has 1 aromatic heterocycles. The number of pyridine rings is 1. The van der Waals surface area contributed by atoms with Crippen LogP contribution in [-0.2, 0) is 6.54 Å². The van der Waals surface area contributed by atoms with Gasteiger partial charge in [0.1, 0.15) is 5.69 Å². The second kappa shape index (κ2) is 8.13. The molecule has 4 nitrogen and oxygen atoms in total. The Morgan fingerprint density at radius 1 is 0.808 bits per heavy atom. The first kappa shape index (κ1) is 18.1. The predicted octanol–water partition coefficient (Wildman–Crippen LogP) is 4.87. The first-order valence-corrected chi connectivity index (χ1v) is 8.57. The van der Waals surface area contributed by atoms with E-state index >= 15 is 0 Å². The lowest BCUT2D eigenvalue weighted by molar-refractivity contribution is 0.0600. The van der Waals surface area contributed by atoms with Gasteiger partial charge >= 0.3 is 0 Å². The van der Waals surface area contributed by atoms with E-state index in [1.165, 1.54) is 6.20 Å². The Morgan fingerprint density at radius 2 is 1.42 bits per heavy atom. The van der Waals surface area contributed by atoms with Gasteiger partial charge in [0.2, 0.25) is 0 Å². The molecule has 26 heavy (non-hydrogen) atoms. The van der Waals surface area contributed by atoms with Gasteiger partial charge in [0.15, 0.2) is 0 Å². The Labute approximate surface area is 161 Å². The van der Waals surface area contributed by atoms with Gasteiger partial charge in [-0.2, -0.15) is 0 Å². The number of benzene rings is 2. The number of imide groups is 1. The van der Waals surface area contributed by atoms with Crippen molar-refractivity contribution in [1.82, 2.24) is 9.88 Å². The Morgan fingerprint density at radius 3 is 2.00 bits per heavy atom. The average molecular weight is 385 g/mol. The highest BCUT2D eigenvalue weighted by Gasteiger charge is 2.25. The highest BCUT2D eigenvalue weighted by atomic mass is 35.5. The van der Waals surface area contributed by atoms with Gasteiger partial charge in [0.25, 0.3) is 11.8 Å². The van der Waals surface area contributed by atoms with E-state index in [-0.39, 0.29) is 12.2 Å². The maximum atomic E-state index is 13.0. The number of halogens is 2. The fourth-order valence-electron chi connectivity index (χ4n) is 2.38. The SMILES string of the molecule is O=C(c1ccc(Cl)cc1)N(Cc1ccc(Cl)cc1)C(=O)c1ccccn1. The van der Waals surface area contributed by atoms with E-state index in [9.17, 15) is 9.59 Å². The van der Waals surface area contributed by atoms with Crippen molar-refractivity contribution in [2.24, 2.45) is 0 Å². The summed E-state index contributed by atoms with van der Waals surface area (Å²) in [7, 11) is 0. The molecule has 0 aliphatic heterocycles. The number of carbonyl (C=O) groups is 2. The van der Waals surface area contributed by atoms with Gasteiger partial charge in [-0.05, 0) is 54.1 Å². The third-order valence-electron chi connectivity index (χ3n) is 3.72. The molecule has 0 aliphatic rings. The van der Waals surface area contributed by atoms with Crippen LogP contribution >= 0.6 is 23.2 Å². The van der Waals surface area contributed by atoms with Crippen LogP contribution in [0.1, 0.15) is 26.4 Å². The van der Waals surface area contributed by atoms with Gasteiger partial charge < -0.3 is 0 Å². The third kappa shape index (κ3) is 4.28. The zero-order valence-electron chi connectivity index (χ0n) is 13.6. The molecule has 0 fully saturated rings. The maximum absolute atomic E-state index is 13.0. The molecule has 0 unspecified atom stereocenters. The van der Waals surface area contributed by atoms with Crippen molar-refractivity contribution in [3.8, 4) is 0 Å². The Hall–Kier alpha value is -2.69. The van der Waals surface area contributed by atoms with Gasteiger partial charge in [-0.25, -0.2) is 0 Å². The Bertz CT molecular complexity index is 911. The van der Waals surface area contributed by atoms with E-state index in [4.69, 9.17) is 23.2 Å². The molecule has 0 atom stereocenters. The number of amides is 2. The molecule has 0 radical (unpaired) electrons. The minimum absolute atomic E-state index is 0.105. The van der Waals surface area contributed by atoms with Crippen LogP contribution in [0.3, 0.4) is 0 Å². The monoisotopic (exact) mass is 384 g/mol. The van der Waals surface area contributed by atoms with Crippen molar-refractivity contribution in [2.45, 2.75) is 6.54 Å². The number of aromatic nitrogens is 1. The number of hydrogen-bond acceptors (Lipinski definition) is 3. The molecular formula is C20H14Cl2N2O2. The summed E-state index contributed by atoms with van der Waals surface area (Å²) in [5, 5.41) is 1.10. The fourth-order valence-corrected chi connectivity index (χ4v) is 2.64. The molecule has 3 aromatic rings. The van der Waals surface area contributed by atoms with Crippen LogP contribution in [-0.4, -0.2) is 21.7 Å². The summed E-state index contributed by atoms with van der Waals surface area (Å²) >= 11 is 11.8. The zero-order valence-corrected chi connectivity index (χ0v) is 15.1. The standard InChI is InChI=1S/C20H14Cl2N2O2/c21-16-8-4-14(5-9-16)13-24(20(26)18-3-1-2-12-23-18)19(25)15-6-10-17(22)11-7-15/h1-12H,13H2. The second-order valence-electron chi connectivity index (χ2n) is 5.54. The van der Waals surface area contributed by atoms with Gasteiger partial charge in [-0.1, -0.05) is 41.4 Å². The summed E-state index contributed by atoms with van der Waals surface area (Å²) in [5.74, 6) is -0.896. The first-order chi connectivity index (χ1) is 12.5. The van der Waals surface area contributed by atoms with Crippen LogP contribution < -0.4 is 0 Å². The highest BCUT2D eigenvalue weighted by molar-refractivity contribution is 6.31. The first-order valence-electron chi connectivity index (χ1n) is 7.82. The number of hydrogen-bond donors (Lipinski definition) is 0. The lowest BCUT2D eigenvalue weighted by Gasteiger charge is -2.21. The van der Waals surface area contributed by atoms with E-state index < -0.39 is 11.8 Å². The van der Waals surface area contributed by atoms with Gasteiger partial charge in [0.05, 0.1) is 6.54 Å². The average Bonchev–Trinajstić information content (AvgIpc) is 2.68. The van der Waals surface area contributed by atoms with Crippen molar-refractivity contribution in [3.05, 3.63) is 99.8 Å². The molecule has 130 valence electrons. The molecule has 1 heterocycles. The fraction of sp³-hybridized carbons (Fsp3) is 0.0500. The van der Waals surface area contributed by atoms with Crippen LogP contribution in [0.4, 0.5) is 0 Å². The van der Waals surface area contributed by atoms with Crippen molar-refractivity contribution in [3.63, 3.8) is 0 Å². The maximum Gasteiger partial charge on any atom is 0.279 e. The summed E-state index contributed by atoms with van der Waals surface area (Å²) in [6.45, 7) is 0.105. The van der Waals surface area contributed by atoms with E-state index in [0.717, 1.165) is 10.5 Å². The molecule has 2 aromatic carbocycles. The highest BCUT2D eigenvalue weighted by Crippen LogP contribution is 2.17. The number of rotatable bonds is 4. The lowest BCUT2D eigenvalue weighted by Crippen LogP contribution is -2.36. The summed E-state index contributed by atoms with van der Waals surface area (Å²) in [5.41, 5.74) is 1.34. The number of carbonyl (C=O) groups excluding carboxylic acids is 2. The summed E-state index contributed by atoms with van der Waals surface area (Å²) in [4.78, 5) is 31.1. The molecule has 0 aliphatic carbocycles. The molecule has 6 heteroatoms. The molecule has 0 bridgehead atoms. The molecule has 0 saturated carbocycles. The molecule has 0 spiro atoms. The van der Waals surface area contributed by atoms with Crippen LogP contribution in [0, 0.1) is 0 Å². The topological polar surface area (TPSA) is 50.3 Å². The number of nitrogens with zero attached hydrogens (tertiary/aromatic N) is 2. The van der Waals surface area contributed by atoms with Crippen molar-refractivity contribution >= 4 is 35.0 Å². The summed E-state index contributed by atoms with van der Waals surface area (Å²) in [6, 6.07) is 18.4. The molecule has 0 N–H and O–H groups in total. The molecular weight excluding hydrogens is 371 g/mol. The summed E-state index contributed by atoms with van der Waals surface area (Å²) < 4.78 is 0. The molecule has 2 amide bonds. The normalized spacial score (nSPS) is 10.4. The Kier molecular flexibility index (Phi) is 5.66. The quantitative estimate of drug-likeness (QED) is 0.602. The lowest BCUT2D eigenvalue weighted by atomic mass is 10.1. The third-order valence-corrected chi connectivity index (χ3v) is 4.22. The van der Waals surface area contributed by atoms with Gasteiger partial charge in [-0.15, -0.1) is 0 Å². The smallest absolute Gasteiger partial charge is 0.269 e. The van der Waals surface area contributed by atoms with Crippen LogP contribution in [0.5, 0.6) is 0 Å². The van der Waals surface area contributed by atoms with E-state index in [1.807, 2.05) is 0 Å². The van der Waals surface area contributed by atoms with E-state index in [1.54, 1.807) is 66.7 Å². The van der Waals surface area contributed by atoms with E-state index in [2.05, 4.69) is 4.98 Å². The minimum Gasteiger partial charge on any atom is -0.269 e. The largest absolute Gasteiger partial charge is 0.279 e. The predicted molar refractivity (Wildman–Crippen MR) is 101 cm³/mol. The molecule has 0 saturated heterocycles. The van der Waals surface area contributed by atoms with Crippen molar-refractivity contribution < 1.29 is 9.59 Å². The Balaban J connectivity index is 1.94. The van der Waals surface area contributed by atoms with Gasteiger partial charge in [0, 0.05) is 21.8 Å². The van der Waals surface area contributed by atoms with Crippen LogP contribution in [0.2, 0.25) is 10.0 Å². The zero-order chi connectivity index (χ0) is 18.5. The van der Waals surface area contributed by atoms with E-state index in [0.29, 0.717) is 15.6 Å². The summed E-state index contributed by atoms with van der Waals surface area (Å²) in [6.07, 6.45) is 1.51. The van der Waals surface area contributed by atoms with Crippen LogP contribution in [0.15, 0.2) is 72.9 Å². The van der Waals surface area contributed by atoms with Crippen molar-refractivity contribution in [2.75, 3.05) is 0 Å².